The maximum absolute atomic E-state index is 10.2. The van der Waals surface area contributed by atoms with Crippen molar-refractivity contribution in [3.05, 3.63) is 35.9 Å². The largest absolute Gasteiger partial charge is 0.388 e. The summed E-state index contributed by atoms with van der Waals surface area (Å²) in [5.41, 5.74) is 0.510. The Bertz CT molecular complexity index is 715. The van der Waals surface area contributed by atoms with Crippen molar-refractivity contribution in [3.8, 4) is 6.07 Å². The molecule has 0 saturated carbocycles. The number of aliphatic hydroxyl groups excluding tert-OH is 6. The molecule has 0 spiro atoms. The molecule has 2 aliphatic heterocycles. The topological polar surface area (TPSA) is 182 Å². The van der Waals surface area contributed by atoms with Gasteiger partial charge in [0.1, 0.15) is 42.7 Å². The van der Waals surface area contributed by atoms with E-state index in [4.69, 9.17) is 18.9 Å². The van der Waals surface area contributed by atoms with Crippen LogP contribution < -0.4 is 0 Å². The van der Waals surface area contributed by atoms with E-state index < -0.39 is 68.0 Å². The first kappa shape index (κ1) is 23.0. The number of nitriles is 1. The van der Waals surface area contributed by atoms with Crippen LogP contribution >= 0.6 is 0 Å². The zero-order valence-electron chi connectivity index (χ0n) is 15.8. The minimum absolute atomic E-state index is 0.273. The van der Waals surface area contributed by atoms with Crippen LogP contribution in [0.25, 0.3) is 0 Å². The van der Waals surface area contributed by atoms with Crippen LogP contribution in [0.15, 0.2) is 30.3 Å². The van der Waals surface area contributed by atoms with Crippen molar-refractivity contribution in [3.63, 3.8) is 0 Å². The summed E-state index contributed by atoms with van der Waals surface area (Å²) < 4.78 is 21.5. The standard InChI is InChI=1S/C19H25NO10/c20-6-11(9-4-2-1-3-5-9)29-19-17(26)15(24)14(23)12(30-19)8-28-18-16(25)13(22)10(21)7-27-18/h1-5,10-19,21-26H,7-8H2/t10-,11-,12-,13+,14-,15+,16+,17-,18-,19-/m1/s1. The Morgan fingerprint density at radius 3 is 2.27 bits per heavy atom. The zero-order valence-corrected chi connectivity index (χ0v) is 15.8. The van der Waals surface area contributed by atoms with Crippen LogP contribution in [-0.2, 0) is 18.9 Å². The number of hydrogen-bond donors (Lipinski definition) is 6. The molecule has 0 aromatic heterocycles. The Morgan fingerprint density at radius 1 is 0.933 bits per heavy atom. The lowest BCUT2D eigenvalue weighted by atomic mass is 9.99. The third-order valence-electron chi connectivity index (χ3n) is 5.04. The van der Waals surface area contributed by atoms with E-state index in [-0.39, 0.29) is 6.61 Å². The Labute approximate surface area is 172 Å². The van der Waals surface area contributed by atoms with Gasteiger partial charge in [-0.3, -0.25) is 0 Å². The predicted octanol–water partition coefficient (Wildman–Crippen LogP) is -2.47. The third-order valence-corrected chi connectivity index (χ3v) is 5.04. The van der Waals surface area contributed by atoms with Crippen molar-refractivity contribution in [2.45, 2.75) is 61.4 Å². The molecule has 6 N–H and O–H groups in total. The van der Waals surface area contributed by atoms with Crippen LogP contribution in [0.4, 0.5) is 0 Å². The highest BCUT2D eigenvalue weighted by Crippen LogP contribution is 2.28. The van der Waals surface area contributed by atoms with E-state index in [1.165, 1.54) is 0 Å². The molecule has 1 aromatic rings. The highest BCUT2D eigenvalue weighted by atomic mass is 16.7. The van der Waals surface area contributed by atoms with Crippen LogP contribution in [0.3, 0.4) is 0 Å². The lowest BCUT2D eigenvalue weighted by Crippen LogP contribution is -2.60. The smallest absolute Gasteiger partial charge is 0.188 e. The van der Waals surface area contributed by atoms with Crippen LogP contribution in [0, 0.1) is 11.3 Å². The third kappa shape index (κ3) is 4.96. The second-order valence-electron chi connectivity index (χ2n) is 7.15. The summed E-state index contributed by atoms with van der Waals surface area (Å²) in [4.78, 5) is 0. The predicted molar refractivity (Wildman–Crippen MR) is 96.3 cm³/mol. The molecule has 166 valence electrons. The first-order valence-electron chi connectivity index (χ1n) is 9.40. The number of aliphatic hydroxyl groups is 6. The molecule has 2 aliphatic rings. The maximum Gasteiger partial charge on any atom is 0.188 e. The van der Waals surface area contributed by atoms with Gasteiger partial charge in [0.15, 0.2) is 18.7 Å². The van der Waals surface area contributed by atoms with Crippen LogP contribution in [0.5, 0.6) is 0 Å². The van der Waals surface area contributed by atoms with Crippen molar-refractivity contribution in [2.24, 2.45) is 0 Å². The summed E-state index contributed by atoms with van der Waals surface area (Å²) in [6, 6.07) is 10.4. The summed E-state index contributed by atoms with van der Waals surface area (Å²) in [7, 11) is 0. The number of rotatable bonds is 6. The molecule has 11 nitrogen and oxygen atoms in total. The molecule has 0 amide bonds. The Hall–Kier alpha value is -1.69. The van der Waals surface area contributed by atoms with E-state index in [9.17, 15) is 35.9 Å². The Balaban J connectivity index is 1.63. The van der Waals surface area contributed by atoms with Gasteiger partial charge in [0.25, 0.3) is 0 Å². The van der Waals surface area contributed by atoms with Crippen molar-refractivity contribution >= 4 is 0 Å². The number of benzene rings is 1. The molecular weight excluding hydrogens is 402 g/mol. The van der Waals surface area contributed by atoms with Crippen LogP contribution in [0.2, 0.25) is 0 Å². The number of ether oxygens (including phenoxy) is 4. The summed E-state index contributed by atoms with van der Waals surface area (Å²) in [6.07, 6.45) is -14.2. The van der Waals surface area contributed by atoms with Gasteiger partial charge < -0.3 is 49.6 Å². The molecule has 1 aromatic carbocycles. The van der Waals surface area contributed by atoms with Gasteiger partial charge in [0.05, 0.1) is 19.3 Å². The lowest BCUT2D eigenvalue weighted by Gasteiger charge is -2.41. The average Bonchev–Trinajstić information content (AvgIpc) is 2.76. The molecule has 2 saturated heterocycles. The molecule has 2 heterocycles. The minimum atomic E-state index is -1.66. The first-order chi connectivity index (χ1) is 14.3. The second kappa shape index (κ2) is 10.1. The van der Waals surface area contributed by atoms with E-state index in [2.05, 4.69) is 0 Å². The molecule has 0 aliphatic carbocycles. The summed E-state index contributed by atoms with van der Waals surface area (Å²) in [5.74, 6) is 0. The van der Waals surface area contributed by atoms with Crippen LogP contribution in [-0.4, -0.2) is 99.2 Å². The summed E-state index contributed by atoms with van der Waals surface area (Å²) >= 11 is 0. The molecule has 10 atom stereocenters. The van der Waals surface area contributed by atoms with Gasteiger partial charge >= 0.3 is 0 Å². The van der Waals surface area contributed by atoms with Crippen molar-refractivity contribution in [1.82, 2.24) is 0 Å². The fourth-order valence-corrected chi connectivity index (χ4v) is 3.23. The van der Waals surface area contributed by atoms with Gasteiger partial charge in [-0.25, -0.2) is 0 Å². The molecule has 2 fully saturated rings. The Kier molecular flexibility index (Phi) is 7.72. The summed E-state index contributed by atoms with van der Waals surface area (Å²) in [6.45, 7) is -0.678. The number of nitrogens with zero attached hydrogens (tertiary/aromatic N) is 1. The highest BCUT2D eigenvalue weighted by Gasteiger charge is 2.46. The van der Waals surface area contributed by atoms with Gasteiger partial charge in [0, 0.05) is 0 Å². The average molecular weight is 427 g/mol. The van der Waals surface area contributed by atoms with Gasteiger partial charge in [0.2, 0.25) is 0 Å². The van der Waals surface area contributed by atoms with Gasteiger partial charge in [-0.1, -0.05) is 30.3 Å². The summed E-state index contributed by atoms with van der Waals surface area (Å²) in [5, 5.41) is 69.0. The molecule has 3 rings (SSSR count). The molecule has 0 unspecified atom stereocenters. The van der Waals surface area contributed by atoms with E-state index in [0.717, 1.165) is 0 Å². The quantitative estimate of drug-likeness (QED) is 0.283. The molecule has 0 radical (unpaired) electrons. The van der Waals surface area contributed by atoms with Gasteiger partial charge in [-0.15, -0.1) is 0 Å². The van der Waals surface area contributed by atoms with Gasteiger partial charge in [-0.05, 0) is 5.56 Å². The fourth-order valence-electron chi connectivity index (χ4n) is 3.23. The van der Waals surface area contributed by atoms with Gasteiger partial charge in [-0.2, -0.15) is 5.26 Å². The first-order valence-corrected chi connectivity index (χ1v) is 9.40. The molecule has 30 heavy (non-hydrogen) atoms. The second-order valence-corrected chi connectivity index (χ2v) is 7.15. The van der Waals surface area contributed by atoms with Crippen molar-refractivity contribution in [2.75, 3.05) is 13.2 Å². The maximum atomic E-state index is 10.2. The zero-order chi connectivity index (χ0) is 21.8. The molecule has 0 bridgehead atoms. The van der Waals surface area contributed by atoms with Crippen molar-refractivity contribution in [1.29, 1.82) is 5.26 Å². The van der Waals surface area contributed by atoms with Crippen LogP contribution in [0.1, 0.15) is 11.7 Å². The molecule has 11 heteroatoms. The Morgan fingerprint density at radius 2 is 1.60 bits per heavy atom. The molecular formula is C19H25NO10. The van der Waals surface area contributed by atoms with E-state index >= 15 is 0 Å². The SMILES string of the molecule is N#C[C@@H](O[C@@H]1O[C@H](CO[C@H]2OC[C@@H](O)[C@H](O)[C@@H]2O)[C@@H](O)[C@H](O)[C@H]1O)c1ccccc1. The van der Waals surface area contributed by atoms with E-state index in [1.54, 1.807) is 30.3 Å². The van der Waals surface area contributed by atoms with Crippen molar-refractivity contribution < 1.29 is 49.6 Å². The van der Waals surface area contributed by atoms with E-state index in [1.807, 2.05) is 6.07 Å². The monoisotopic (exact) mass is 427 g/mol. The van der Waals surface area contributed by atoms with E-state index in [0.29, 0.717) is 5.56 Å². The lowest BCUT2D eigenvalue weighted by molar-refractivity contribution is -0.325. The highest BCUT2D eigenvalue weighted by molar-refractivity contribution is 5.22. The minimum Gasteiger partial charge on any atom is -0.388 e. The number of hydrogen-bond acceptors (Lipinski definition) is 11. The fraction of sp³-hybridized carbons (Fsp3) is 0.632. The normalized spacial score (nSPS) is 40.5.